The van der Waals surface area contributed by atoms with E-state index in [1.165, 1.54) is 7.11 Å². The molecule has 0 saturated heterocycles. The molecular weight excluding hydrogens is 204 g/mol. The highest BCUT2D eigenvalue weighted by atomic mass is 16.5. The maximum Gasteiger partial charge on any atom is 0.309 e. The zero-order chi connectivity index (χ0) is 12.1. The average Bonchev–Trinajstić information content (AvgIpc) is 2.30. The number of ether oxygens (including phenoxy) is 1. The summed E-state index contributed by atoms with van der Waals surface area (Å²) < 4.78 is 4.59. The number of methoxy groups -OCH3 is 1. The van der Waals surface area contributed by atoms with Gasteiger partial charge in [-0.05, 0) is 29.7 Å². The second kappa shape index (κ2) is 5.29. The zero-order valence-corrected chi connectivity index (χ0v) is 9.41. The molecule has 84 valence electrons. The van der Waals surface area contributed by atoms with E-state index in [4.69, 9.17) is 11.0 Å². The van der Waals surface area contributed by atoms with E-state index in [0.717, 1.165) is 16.7 Å². The molecule has 0 aliphatic rings. The van der Waals surface area contributed by atoms with Crippen molar-refractivity contribution in [3.05, 3.63) is 34.4 Å². The Balaban J connectivity index is 3.15. The molecule has 1 rings (SSSR count). The monoisotopic (exact) mass is 218 g/mol. The van der Waals surface area contributed by atoms with E-state index in [-0.39, 0.29) is 12.4 Å². The first kappa shape index (κ1) is 12.2. The lowest BCUT2D eigenvalue weighted by Crippen LogP contribution is -2.10. The van der Waals surface area contributed by atoms with Crippen LogP contribution < -0.4 is 5.73 Å². The second-order valence-corrected chi connectivity index (χ2v) is 3.50. The summed E-state index contributed by atoms with van der Waals surface area (Å²) in [5.41, 5.74) is 8.67. The van der Waals surface area contributed by atoms with Gasteiger partial charge in [0.2, 0.25) is 0 Å². The molecule has 0 fully saturated rings. The summed E-state index contributed by atoms with van der Waals surface area (Å²) in [7, 11) is 1.34. The molecule has 1 aromatic rings. The predicted octanol–water partition coefficient (Wildman–Crippen LogP) is 1.04. The normalized spacial score (nSPS) is 9.62. The Bertz CT molecular complexity index is 447. The quantitative estimate of drug-likeness (QED) is 0.769. The van der Waals surface area contributed by atoms with Crippen molar-refractivity contribution < 1.29 is 9.53 Å². The number of carbonyl (C=O) groups excluding carboxylic acids is 1. The van der Waals surface area contributed by atoms with E-state index in [1.807, 2.05) is 13.0 Å². The van der Waals surface area contributed by atoms with E-state index in [1.54, 1.807) is 6.07 Å². The molecule has 0 heterocycles. The molecule has 0 aliphatic carbocycles. The molecule has 0 spiro atoms. The van der Waals surface area contributed by atoms with Gasteiger partial charge < -0.3 is 10.5 Å². The van der Waals surface area contributed by atoms with Gasteiger partial charge in [0.15, 0.2) is 0 Å². The Hall–Kier alpha value is -1.86. The SMILES string of the molecule is COC(=O)Cc1cc(C#N)c(C)cc1CN. The molecule has 0 aromatic heterocycles. The molecule has 0 aliphatic heterocycles. The smallest absolute Gasteiger partial charge is 0.309 e. The molecule has 16 heavy (non-hydrogen) atoms. The molecule has 4 nitrogen and oxygen atoms in total. The summed E-state index contributed by atoms with van der Waals surface area (Å²) >= 11 is 0. The number of nitrogens with zero attached hydrogens (tertiary/aromatic N) is 1. The fourth-order valence-corrected chi connectivity index (χ4v) is 1.52. The first-order valence-electron chi connectivity index (χ1n) is 4.91. The van der Waals surface area contributed by atoms with Crippen LogP contribution in [0.3, 0.4) is 0 Å². The fraction of sp³-hybridized carbons (Fsp3) is 0.333. The lowest BCUT2D eigenvalue weighted by Gasteiger charge is -2.09. The molecule has 0 unspecified atom stereocenters. The number of esters is 1. The molecular formula is C12H14N2O2. The molecule has 2 N–H and O–H groups in total. The third kappa shape index (κ3) is 2.59. The van der Waals surface area contributed by atoms with Crippen LogP contribution in [0, 0.1) is 18.3 Å². The molecule has 0 saturated carbocycles. The lowest BCUT2D eigenvalue weighted by atomic mass is 9.97. The van der Waals surface area contributed by atoms with Gasteiger partial charge in [-0.2, -0.15) is 5.26 Å². The Morgan fingerprint density at radius 1 is 1.50 bits per heavy atom. The van der Waals surface area contributed by atoms with Gasteiger partial charge in [-0.3, -0.25) is 4.79 Å². The highest BCUT2D eigenvalue weighted by molar-refractivity contribution is 5.73. The van der Waals surface area contributed by atoms with Gasteiger partial charge in [-0.15, -0.1) is 0 Å². The maximum absolute atomic E-state index is 11.2. The van der Waals surface area contributed by atoms with Gasteiger partial charge in [0.1, 0.15) is 0 Å². The molecule has 0 amide bonds. The summed E-state index contributed by atoms with van der Waals surface area (Å²) in [6.45, 7) is 2.19. The van der Waals surface area contributed by atoms with Crippen molar-refractivity contribution in [1.82, 2.24) is 0 Å². The fourth-order valence-electron chi connectivity index (χ4n) is 1.52. The highest BCUT2D eigenvalue weighted by Crippen LogP contribution is 2.16. The number of hydrogen-bond donors (Lipinski definition) is 1. The van der Waals surface area contributed by atoms with Gasteiger partial charge in [-0.25, -0.2) is 0 Å². The van der Waals surface area contributed by atoms with Gasteiger partial charge in [0.25, 0.3) is 0 Å². The number of carbonyl (C=O) groups is 1. The number of benzene rings is 1. The average molecular weight is 218 g/mol. The number of nitriles is 1. The minimum absolute atomic E-state index is 0.151. The third-order valence-electron chi connectivity index (χ3n) is 2.45. The highest BCUT2D eigenvalue weighted by Gasteiger charge is 2.10. The van der Waals surface area contributed by atoms with Crippen molar-refractivity contribution in [2.75, 3.05) is 7.11 Å². The van der Waals surface area contributed by atoms with Crippen LogP contribution in [0.4, 0.5) is 0 Å². The first-order valence-corrected chi connectivity index (χ1v) is 4.91. The van der Waals surface area contributed by atoms with Crippen LogP contribution in [0.1, 0.15) is 22.3 Å². The van der Waals surface area contributed by atoms with Crippen LogP contribution in [-0.2, 0) is 22.5 Å². The summed E-state index contributed by atoms with van der Waals surface area (Å²) in [4.78, 5) is 11.2. The van der Waals surface area contributed by atoms with Crippen LogP contribution in [0.2, 0.25) is 0 Å². The minimum Gasteiger partial charge on any atom is -0.469 e. The largest absolute Gasteiger partial charge is 0.469 e. The van der Waals surface area contributed by atoms with Crippen molar-refractivity contribution in [1.29, 1.82) is 5.26 Å². The van der Waals surface area contributed by atoms with Gasteiger partial charge in [0.05, 0.1) is 25.2 Å². The standard InChI is InChI=1S/C12H14N2O2/c1-8-3-11(7-14)9(4-10(8)6-13)5-12(15)16-2/h3-4H,5,7,14H2,1-2H3. The van der Waals surface area contributed by atoms with E-state index in [0.29, 0.717) is 12.1 Å². The van der Waals surface area contributed by atoms with Crippen molar-refractivity contribution in [3.63, 3.8) is 0 Å². The number of aryl methyl sites for hydroxylation is 1. The van der Waals surface area contributed by atoms with Crippen molar-refractivity contribution in [3.8, 4) is 6.07 Å². The number of hydrogen-bond acceptors (Lipinski definition) is 4. The Morgan fingerprint density at radius 3 is 2.69 bits per heavy atom. The second-order valence-electron chi connectivity index (χ2n) is 3.50. The van der Waals surface area contributed by atoms with Crippen molar-refractivity contribution in [2.24, 2.45) is 5.73 Å². The third-order valence-corrected chi connectivity index (χ3v) is 2.45. The minimum atomic E-state index is -0.331. The van der Waals surface area contributed by atoms with Crippen molar-refractivity contribution in [2.45, 2.75) is 19.9 Å². The zero-order valence-electron chi connectivity index (χ0n) is 9.41. The topological polar surface area (TPSA) is 76.1 Å². The van der Waals surface area contributed by atoms with E-state index < -0.39 is 0 Å². The Kier molecular flexibility index (Phi) is 4.03. The summed E-state index contributed by atoms with van der Waals surface area (Å²) in [5.74, 6) is -0.331. The molecule has 0 radical (unpaired) electrons. The van der Waals surface area contributed by atoms with Gasteiger partial charge >= 0.3 is 5.97 Å². The van der Waals surface area contributed by atoms with Gasteiger partial charge in [-0.1, -0.05) is 6.07 Å². The van der Waals surface area contributed by atoms with Crippen LogP contribution in [0.15, 0.2) is 12.1 Å². The molecule has 0 bridgehead atoms. The van der Waals surface area contributed by atoms with E-state index >= 15 is 0 Å². The summed E-state index contributed by atoms with van der Waals surface area (Å²) in [6.07, 6.45) is 0.151. The van der Waals surface area contributed by atoms with E-state index in [2.05, 4.69) is 10.8 Å². The Morgan fingerprint density at radius 2 is 2.19 bits per heavy atom. The van der Waals surface area contributed by atoms with Crippen molar-refractivity contribution >= 4 is 5.97 Å². The summed E-state index contributed by atoms with van der Waals surface area (Å²) in [6, 6.07) is 5.63. The summed E-state index contributed by atoms with van der Waals surface area (Å²) in [5, 5.41) is 8.90. The maximum atomic E-state index is 11.2. The number of rotatable bonds is 3. The number of nitrogens with two attached hydrogens (primary N) is 1. The predicted molar refractivity (Wildman–Crippen MR) is 59.5 cm³/mol. The Labute approximate surface area is 94.6 Å². The van der Waals surface area contributed by atoms with Crippen LogP contribution in [0.5, 0.6) is 0 Å². The van der Waals surface area contributed by atoms with Gasteiger partial charge in [0, 0.05) is 6.54 Å². The molecule has 0 atom stereocenters. The first-order chi connectivity index (χ1) is 7.62. The van der Waals surface area contributed by atoms with Crippen LogP contribution in [-0.4, -0.2) is 13.1 Å². The van der Waals surface area contributed by atoms with Crippen LogP contribution >= 0.6 is 0 Å². The lowest BCUT2D eigenvalue weighted by molar-refractivity contribution is -0.139. The molecule has 4 heteroatoms. The van der Waals surface area contributed by atoms with Crippen LogP contribution in [0.25, 0.3) is 0 Å². The molecule has 1 aromatic carbocycles. The van der Waals surface area contributed by atoms with E-state index in [9.17, 15) is 4.79 Å².